The van der Waals surface area contributed by atoms with Crippen LogP contribution in [0.5, 0.6) is 0 Å². The van der Waals surface area contributed by atoms with Crippen molar-refractivity contribution in [2.45, 2.75) is 95.7 Å². The molecule has 12 heteroatoms. The third-order valence-electron chi connectivity index (χ3n) is 8.48. The highest BCUT2D eigenvalue weighted by Crippen LogP contribution is 2.31. The number of rotatable bonds is 15. The van der Waals surface area contributed by atoms with Gasteiger partial charge >= 0.3 is 0 Å². The summed E-state index contributed by atoms with van der Waals surface area (Å²) in [5.41, 5.74) is 3.04. The fourth-order valence-electron chi connectivity index (χ4n) is 6.09. The molecular weight excluding hydrogens is 550 g/mol. The van der Waals surface area contributed by atoms with Crippen molar-refractivity contribution in [3.05, 3.63) is 41.2 Å². The molecule has 2 fully saturated rings. The quantitative estimate of drug-likeness (QED) is 0.211. The van der Waals surface area contributed by atoms with E-state index >= 15 is 0 Å². The minimum atomic E-state index is -0.656. The molecule has 12 nitrogen and oxygen atoms in total. The van der Waals surface area contributed by atoms with Crippen LogP contribution >= 0.6 is 0 Å². The molecule has 4 amide bonds. The van der Waals surface area contributed by atoms with Crippen LogP contribution in [0.4, 0.5) is 5.69 Å². The van der Waals surface area contributed by atoms with Gasteiger partial charge in [-0.3, -0.25) is 29.2 Å². The highest BCUT2D eigenvalue weighted by atomic mass is 16.5. The van der Waals surface area contributed by atoms with Gasteiger partial charge in [0.2, 0.25) is 17.7 Å². The number of anilines is 1. The Balaban J connectivity index is 0.892. The molecule has 3 N–H and O–H groups in total. The number of carbonyl (C=O) groups is 4. The van der Waals surface area contributed by atoms with Crippen molar-refractivity contribution in [3.8, 4) is 0 Å². The van der Waals surface area contributed by atoms with Crippen LogP contribution in [0.15, 0.2) is 24.4 Å². The molecule has 1 aliphatic carbocycles. The summed E-state index contributed by atoms with van der Waals surface area (Å²) < 4.78 is 7.72. The summed E-state index contributed by atoms with van der Waals surface area (Å²) in [6.45, 7) is 3.88. The number of hydrogen-bond donors (Lipinski definition) is 3. The van der Waals surface area contributed by atoms with E-state index in [0.29, 0.717) is 43.2 Å². The standard InChI is InChI=1S/C31H43N7O5/c39-28-12-11-27(30(41)34-28)38-20-23-19-24(9-10-25(23)31(38)42)33-29(40)13-15-32-14-6-18-43-17-5-4-16-37-21-26(35-36-37)22-7-2-1-3-8-22/h9-10,19,21-22,27,32H,1-8,11-18,20H2,(H,33,40)(H,34,39,41). The second-order valence-corrected chi connectivity index (χ2v) is 11.7. The lowest BCUT2D eigenvalue weighted by Crippen LogP contribution is -2.52. The number of imide groups is 1. The summed E-state index contributed by atoms with van der Waals surface area (Å²) in [5, 5.41) is 17.2. The molecule has 1 unspecified atom stereocenters. The van der Waals surface area contributed by atoms with Crippen LogP contribution in [0.2, 0.25) is 0 Å². The third-order valence-corrected chi connectivity index (χ3v) is 8.48. The molecule has 5 rings (SSSR count). The lowest BCUT2D eigenvalue weighted by atomic mass is 9.87. The molecule has 1 saturated carbocycles. The molecule has 1 aromatic carbocycles. The van der Waals surface area contributed by atoms with E-state index in [0.717, 1.165) is 50.2 Å². The van der Waals surface area contributed by atoms with Crippen LogP contribution in [0.3, 0.4) is 0 Å². The van der Waals surface area contributed by atoms with Gasteiger partial charge in [0.15, 0.2) is 0 Å². The third kappa shape index (κ3) is 8.47. The number of hydrogen-bond acceptors (Lipinski definition) is 8. The first kappa shape index (κ1) is 30.8. The summed E-state index contributed by atoms with van der Waals surface area (Å²) in [5.74, 6) is -0.508. The number of aryl methyl sites for hydroxylation is 1. The number of carbonyl (C=O) groups excluding carboxylic acids is 4. The van der Waals surface area contributed by atoms with E-state index in [1.165, 1.54) is 37.0 Å². The Labute approximate surface area is 252 Å². The van der Waals surface area contributed by atoms with Crippen molar-refractivity contribution in [1.29, 1.82) is 0 Å². The van der Waals surface area contributed by atoms with E-state index in [2.05, 4.69) is 32.5 Å². The van der Waals surface area contributed by atoms with Crippen LogP contribution in [-0.2, 0) is 32.2 Å². The van der Waals surface area contributed by atoms with Gasteiger partial charge in [-0.2, -0.15) is 0 Å². The molecule has 1 aromatic heterocycles. The lowest BCUT2D eigenvalue weighted by Gasteiger charge is -2.29. The maximum Gasteiger partial charge on any atom is 0.255 e. The normalized spacial score (nSPS) is 19.0. The molecular formula is C31H43N7O5. The minimum absolute atomic E-state index is 0.117. The first-order valence-electron chi connectivity index (χ1n) is 15.7. The van der Waals surface area contributed by atoms with E-state index in [-0.39, 0.29) is 30.7 Å². The maximum atomic E-state index is 12.8. The Morgan fingerprint density at radius 3 is 2.70 bits per heavy atom. The fourth-order valence-corrected chi connectivity index (χ4v) is 6.09. The Morgan fingerprint density at radius 1 is 1.02 bits per heavy atom. The van der Waals surface area contributed by atoms with E-state index in [1.54, 1.807) is 18.2 Å². The van der Waals surface area contributed by atoms with E-state index < -0.39 is 11.9 Å². The van der Waals surface area contributed by atoms with Gasteiger partial charge in [0.25, 0.3) is 5.91 Å². The molecule has 1 atom stereocenters. The van der Waals surface area contributed by atoms with Crippen molar-refractivity contribution in [3.63, 3.8) is 0 Å². The molecule has 1 saturated heterocycles. The van der Waals surface area contributed by atoms with Gasteiger partial charge in [-0.25, -0.2) is 0 Å². The topological polar surface area (TPSA) is 148 Å². The molecule has 232 valence electrons. The van der Waals surface area contributed by atoms with Crippen molar-refractivity contribution >= 4 is 29.3 Å². The number of piperidine rings is 1. The first-order valence-corrected chi connectivity index (χ1v) is 15.7. The van der Waals surface area contributed by atoms with Crippen molar-refractivity contribution in [2.75, 3.05) is 31.6 Å². The second-order valence-electron chi connectivity index (χ2n) is 11.7. The van der Waals surface area contributed by atoms with Gasteiger partial charge in [-0.05, 0) is 68.8 Å². The highest BCUT2D eigenvalue weighted by molar-refractivity contribution is 6.05. The van der Waals surface area contributed by atoms with Gasteiger partial charge in [0.1, 0.15) is 6.04 Å². The molecule has 2 aromatic rings. The van der Waals surface area contributed by atoms with E-state index in [9.17, 15) is 19.2 Å². The SMILES string of the molecule is O=C1CCC(N2Cc3cc(NC(=O)CCNCCCOCCCCn4cc(C5CCCCC5)nn4)ccc3C2=O)C(=O)N1. The Morgan fingerprint density at radius 2 is 1.86 bits per heavy atom. The number of benzene rings is 1. The van der Waals surface area contributed by atoms with E-state index in [4.69, 9.17) is 4.74 Å². The summed E-state index contributed by atoms with van der Waals surface area (Å²) in [7, 11) is 0. The molecule has 3 heterocycles. The van der Waals surface area contributed by atoms with Gasteiger partial charge in [0, 0.05) is 69.1 Å². The number of amides is 4. The molecule has 43 heavy (non-hydrogen) atoms. The highest BCUT2D eigenvalue weighted by Gasteiger charge is 2.39. The summed E-state index contributed by atoms with van der Waals surface area (Å²) >= 11 is 0. The van der Waals surface area contributed by atoms with Crippen LogP contribution in [0.1, 0.15) is 98.2 Å². The zero-order valence-corrected chi connectivity index (χ0v) is 24.8. The van der Waals surface area contributed by atoms with Gasteiger partial charge in [-0.1, -0.05) is 24.5 Å². The monoisotopic (exact) mass is 593 g/mol. The van der Waals surface area contributed by atoms with Crippen LogP contribution in [0, 0.1) is 0 Å². The fraction of sp³-hybridized carbons (Fsp3) is 0.613. The predicted octanol–water partition coefficient (Wildman–Crippen LogP) is 2.89. The van der Waals surface area contributed by atoms with Crippen molar-refractivity contribution in [1.82, 2.24) is 30.5 Å². The van der Waals surface area contributed by atoms with Gasteiger partial charge in [-0.15, -0.1) is 5.10 Å². The summed E-state index contributed by atoms with van der Waals surface area (Å²) in [6.07, 6.45) is 12.3. The molecule has 2 aliphatic heterocycles. The second kappa shape index (κ2) is 15.2. The zero-order chi connectivity index (χ0) is 30.0. The average molecular weight is 594 g/mol. The smallest absolute Gasteiger partial charge is 0.255 e. The maximum absolute atomic E-state index is 12.8. The predicted molar refractivity (Wildman–Crippen MR) is 159 cm³/mol. The number of unbranched alkanes of at least 4 members (excludes halogenated alkanes) is 1. The minimum Gasteiger partial charge on any atom is -0.381 e. The number of fused-ring (bicyclic) bond motifs is 1. The Hall–Kier alpha value is -3.64. The van der Waals surface area contributed by atoms with Crippen molar-refractivity contribution < 1.29 is 23.9 Å². The average Bonchev–Trinajstić information content (AvgIpc) is 3.60. The largest absolute Gasteiger partial charge is 0.381 e. The van der Waals surface area contributed by atoms with Crippen molar-refractivity contribution in [2.24, 2.45) is 0 Å². The van der Waals surface area contributed by atoms with Gasteiger partial charge in [0.05, 0.1) is 5.69 Å². The summed E-state index contributed by atoms with van der Waals surface area (Å²) in [4.78, 5) is 50.4. The van der Waals surface area contributed by atoms with Crippen LogP contribution in [0.25, 0.3) is 0 Å². The molecule has 0 bridgehead atoms. The van der Waals surface area contributed by atoms with Gasteiger partial charge < -0.3 is 20.3 Å². The van der Waals surface area contributed by atoms with E-state index in [1.807, 2.05) is 4.68 Å². The first-order chi connectivity index (χ1) is 21.0. The molecule has 3 aliphatic rings. The number of aromatic nitrogens is 3. The van der Waals surface area contributed by atoms with Crippen LogP contribution in [-0.4, -0.2) is 75.9 Å². The lowest BCUT2D eigenvalue weighted by molar-refractivity contribution is -0.137. The molecule has 0 radical (unpaired) electrons. The zero-order valence-electron chi connectivity index (χ0n) is 24.8. The Kier molecular flexibility index (Phi) is 10.9. The number of nitrogens with zero attached hydrogens (tertiary/aromatic N) is 4. The number of ether oxygens (including phenoxy) is 1. The van der Waals surface area contributed by atoms with Crippen LogP contribution < -0.4 is 16.0 Å². The number of nitrogens with one attached hydrogen (secondary N) is 3. The summed E-state index contributed by atoms with van der Waals surface area (Å²) in [6, 6.07) is 4.51. The Bertz CT molecular complexity index is 1290. The molecule has 0 spiro atoms.